The first-order valence-electron chi connectivity index (χ1n) is 8.29. The number of nitrogens with zero attached hydrogens (tertiary/aromatic N) is 1. The maximum absolute atomic E-state index is 12.5. The van der Waals surface area contributed by atoms with E-state index in [0.29, 0.717) is 6.61 Å². The van der Waals surface area contributed by atoms with Crippen LogP contribution in [0.1, 0.15) is 24.1 Å². The van der Waals surface area contributed by atoms with E-state index >= 15 is 0 Å². The molecule has 0 aliphatic heterocycles. The van der Waals surface area contributed by atoms with Gasteiger partial charge in [0.15, 0.2) is 0 Å². The summed E-state index contributed by atoms with van der Waals surface area (Å²) < 4.78 is 33.2. The van der Waals surface area contributed by atoms with Crippen molar-refractivity contribution in [1.29, 1.82) is 0 Å². The van der Waals surface area contributed by atoms with Gasteiger partial charge in [-0.3, -0.25) is 0 Å². The Kier molecular flexibility index (Phi) is 6.58. The number of ether oxygens (including phenoxy) is 1. The molecular weight excluding hydrogens is 336 g/mol. The predicted molar refractivity (Wildman–Crippen MR) is 100 cm³/mol. The van der Waals surface area contributed by atoms with Crippen molar-refractivity contribution in [3.05, 3.63) is 59.7 Å². The number of sulfonamides is 1. The number of hydrogen-bond acceptors (Lipinski definition) is 4. The largest absolute Gasteiger partial charge is 0.494 e. The highest BCUT2D eigenvalue weighted by molar-refractivity contribution is 7.89. The summed E-state index contributed by atoms with van der Waals surface area (Å²) in [5, 5.41) is 0. The van der Waals surface area contributed by atoms with E-state index in [1.54, 1.807) is 24.3 Å². The molecule has 0 radical (unpaired) electrons. The van der Waals surface area contributed by atoms with Crippen LogP contribution in [0, 0.1) is 6.92 Å². The minimum Gasteiger partial charge on any atom is -0.494 e. The van der Waals surface area contributed by atoms with E-state index in [2.05, 4.69) is 4.72 Å². The smallest absolute Gasteiger partial charge is 0.240 e. The molecule has 2 rings (SSSR count). The lowest BCUT2D eigenvalue weighted by molar-refractivity contribution is 0.298. The van der Waals surface area contributed by atoms with Crippen LogP contribution in [0.3, 0.4) is 0 Å². The number of rotatable bonds is 8. The summed E-state index contributed by atoms with van der Waals surface area (Å²) in [4.78, 5) is 2.27. The summed E-state index contributed by atoms with van der Waals surface area (Å²) in [6.07, 6.45) is 0. The Morgan fingerprint density at radius 3 is 2.16 bits per heavy atom. The lowest BCUT2D eigenvalue weighted by Gasteiger charge is -2.25. The molecule has 2 aromatic rings. The molecule has 5 nitrogen and oxygen atoms in total. The number of hydrogen-bond donors (Lipinski definition) is 1. The van der Waals surface area contributed by atoms with E-state index in [-0.39, 0.29) is 17.5 Å². The number of benzene rings is 2. The summed E-state index contributed by atoms with van der Waals surface area (Å²) >= 11 is 0. The van der Waals surface area contributed by atoms with E-state index in [1.807, 2.05) is 57.1 Å². The molecule has 1 N–H and O–H groups in total. The van der Waals surface area contributed by atoms with Crippen LogP contribution >= 0.6 is 0 Å². The Morgan fingerprint density at radius 1 is 1.04 bits per heavy atom. The maximum atomic E-state index is 12.5. The molecule has 2 aromatic carbocycles. The molecule has 0 amide bonds. The predicted octanol–water partition coefficient (Wildman–Crippen LogP) is 2.97. The molecule has 0 bridgehead atoms. The van der Waals surface area contributed by atoms with E-state index in [1.165, 1.54) is 0 Å². The molecule has 0 aliphatic carbocycles. The minimum absolute atomic E-state index is 0.0732. The van der Waals surface area contributed by atoms with Gasteiger partial charge in [0.2, 0.25) is 10.0 Å². The van der Waals surface area contributed by atoms with Crippen LogP contribution in [-0.4, -0.2) is 40.6 Å². The molecule has 0 spiro atoms. The molecule has 1 unspecified atom stereocenters. The second-order valence-electron chi connectivity index (χ2n) is 6.15. The van der Waals surface area contributed by atoms with E-state index in [0.717, 1.165) is 16.9 Å². The lowest BCUT2D eigenvalue weighted by Crippen LogP contribution is -2.34. The van der Waals surface area contributed by atoms with E-state index < -0.39 is 10.0 Å². The average molecular weight is 362 g/mol. The third kappa shape index (κ3) is 5.29. The van der Waals surface area contributed by atoms with Gasteiger partial charge in [-0.25, -0.2) is 13.1 Å². The number of nitrogens with one attached hydrogen (secondary N) is 1. The molecule has 0 saturated heterocycles. The van der Waals surface area contributed by atoms with Crippen molar-refractivity contribution in [2.45, 2.75) is 24.8 Å². The van der Waals surface area contributed by atoms with Gasteiger partial charge in [0.1, 0.15) is 5.75 Å². The van der Waals surface area contributed by atoms with Gasteiger partial charge in [-0.2, -0.15) is 0 Å². The summed E-state index contributed by atoms with van der Waals surface area (Å²) in [6, 6.07) is 14.5. The topological polar surface area (TPSA) is 58.6 Å². The normalized spacial score (nSPS) is 13.0. The van der Waals surface area contributed by atoms with Gasteiger partial charge in [0.05, 0.1) is 11.5 Å². The zero-order valence-corrected chi connectivity index (χ0v) is 16.0. The van der Waals surface area contributed by atoms with Crippen LogP contribution in [0.5, 0.6) is 5.75 Å². The van der Waals surface area contributed by atoms with Gasteiger partial charge in [-0.05, 0) is 57.8 Å². The molecule has 0 aromatic heterocycles. The summed E-state index contributed by atoms with van der Waals surface area (Å²) in [5.74, 6) is 0.809. The van der Waals surface area contributed by atoms with Gasteiger partial charge in [0.25, 0.3) is 0 Å². The summed E-state index contributed by atoms with van der Waals surface area (Å²) in [7, 11) is 0.332. The lowest BCUT2D eigenvalue weighted by atomic mass is 10.1. The molecule has 1 atom stereocenters. The van der Waals surface area contributed by atoms with Gasteiger partial charge in [0, 0.05) is 12.6 Å². The minimum atomic E-state index is -3.53. The highest BCUT2D eigenvalue weighted by Crippen LogP contribution is 2.21. The van der Waals surface area contributed by atoms with Gasteiger partial charge in [-0.15, -0.1) is 0 Å². The molecule has 0 heterocycles. The van der Waals surface area contributed by atoms with Crippen molar-refractivity contribution in [3.63, 3.8) is 0 Å². The molecule has 6 heteroatoms. The van der Waals surface area contributed by atoms with Crippen LogP contribution in [0.15, 0.2) is 53.4 Å². The summed E-state index contributed by atoms with van der Waals surface area (Å²) in [6.45, 7) is 4.78. The highest BCUT2D eigenvalue weighted by Gasteiger charge is 2.19. The third-order valence-corrected chi connectivity index (χ3v) is 5.44. The van der Waals surface area contributed by atoms with E-state index in [9.17, 15) is 8.42 Å². The molecule has 0 aliphatic rings. The second-order valence-corrected chi connectivity index (χ2v) is 7.91. The first-order chi connectivity index (χ1) is 11.8. The van der Waals surface area contributed by atoms with Crippen LogP contribution < -0.4 is 9.46 Å². The van der Waals surface area contributed by atoms with Crippen molar-refractivity contribution < 1.29 is 13.2 Å². The molecule has 0 saturated carbocycles. The van der Waals surface area contributed by atoms with Crippen molar-refractivity contribution in [3.8, 4) is 5.75 Å². The van der Waals surface area contributed by atoms with Crippen LogP contribution in [0.2, 0.25) is 0 Å². The first kappa shape index (κ1) is 19.4. The SMILES string of the molecule is CCOc1ccc(C(CNS(=O)(=O)c2ccc(C)cc2)N(C)C)cc1. The average Bonchev–Trinajstić information content (AvgIpc) is 2.57. The van der Waals surface area contributed by atoms with Gasteiger partial charge >= 0.3 is 0 Å². The third-order valence-electron chi connectivity index (χ3n) is 4.00. The molecule has 25 heavy (non-hydrogen) atoms. The Balaban J connectivity index is 2.12. The fraction of sp³-hybridized carbons (Fsp3) is 0.368. The Labute approximate surface area is 150 Å². The second kappa shape index (κ2) is 8.47. The van der Waals surface area contributed by atoms with Gasteiger partial charge in [-0.1, -0.05) is 29.8 Å². The number of aryl methyl sites for hydroxylation is 1. The Morgan fingerprint density at radius 2 is 1.64 bits per heavy atom. The van der Waals surface area contributed by atoms with Crippen molar-refractivity contribution >= 4 is 10.0 Å². The van der Waals surface area contributed by atoms with Crippen molar-refractivity contribution in [1.82, 2.24) is 9.62 Å². The van der Waals surface area contributed by atoms with Crippen LogP contribution in [-0.2, 0) is 10.0 Å². The Hall–Kier alpha value is -1.89. The maximum Gasteiger partial charge on any atom is 0.240 e. The number of likely N-dealkylation sites (N-methyl/N-ethyl adjacent to an activating group) is 1. The first-order valence-corrected chi connectivity index (χ1v) is 9.77. The highest BCUT2D eigenvalue weighted by atomic mass is 32.2. The molecule has 0 fully saturated rings. The summed E-state index contributed by atoms with van der Waals surface area (Å²) in [5.41, 5.74) is 2.06. The van der Waals surface area contributed by atoms with Crippen LogP contribution in [0.25, 0.3) is 0 Å². The zero-order chi connectivity index (χ0) is 18.4. The van der Waals surface area contributed by atoms with E-state index in [4.69, 9.17) is 4.74 Å². The standard InChI is InChI=1S/C19H26N2O3S/c1-5-24-17-10-8-16(9-11-17)19(21(3)4)14-20-25(22,23)18-12-6-15(2)7-13-18/h6-13,19-20H,5,14H2,1-4H3. The van der Waals surface area contributed by atoms with Crippen molar-refractivity contribution in [2.75, 3.05) is 27.2 Å². The molecular formula is C19H26N2O3S. The Bertz CT molecular complexity index is 769. The monoisotopic (exact) mass is 362 g/mol. The van der Waals surface area contributed by atoms with Gasteiger partial charge < -0.3 is 9.64 Å². The molecule has 136 valence electrons. The van der Waals surface area contributed by atoms with Crippen LogP contribution in [0.4, 0.5) is 0 Å². The fourth-order valence-electron chi connectivity index (χ4n) is 2.54. The zero-order valence-electron chi connectivity index (χ0n) is 15.2. The van der Waals surface area contributed by atoms with Crippen molar-refractivity contribution in [2.24, 2.45) is 0 Å². The quantitative estimate of drug-likeness (QED) is 0.784. The fourth-order valence-corrected chi connectivity index (χ4v) is 3.58.